The summed E-state index contributed by atoms with van der Waals surface area (Å²) in [5, 5.41) is 0.736. The van der Waals surface area contributed by atoms with Gasteiger partial charge >= 0.3 is 16.1 Å². The molecule has 0 saturated heterocycles. The van der Waals surface area contributed by atoms with Gasteiger partial charge in [0, 0.05) is 0 Å². The minimum Gasteiger partial charge on any atom is -0.591 e. The summed E-state index contributed by atoms with van der Waals surface area (Å²) in [6, 6.07) is 16.6. The van der Waals surface area contributed by atoms with Gasteiger partial charge in [0.05, 0.1) is 13.1 Å². The maximum Gasteiger partial charge on any atom is 0.348 e. The van der Waals surface area contributed by atoms with Crippen LogP contribution in [0.25, 0.3) is 0 Å². The first-order valence-electron chi connectivity index (χ1n) is 8.50. The molecule has 2 aromatic carbocycles. The van der Waals surface area contributed by atoms with E-state index >= 15 is 0 Å². The van der Waals surface area contributed by atoms with Crippen LogP contribution in [0.15, 0.2) is 60.7 Å². The molecule has 0 saturated carbocycles. The zero-order valence-corrected chi connectivity index (χ0v) is 16.7. The van der Waals surface area contributed by atoms with Crippen molar-refractivity contribution in [3.05, 3.63) is 60.7 Å². The average Bonchev–Trinajstić information content (AvgIpc) is 2.68. The van der Waals surface area contributed by atoms with Crippen LogP contribution in [0.1, 0.15) is 25.7 Å². The Morgan fingerprint density at radius 3 is 1.12 bits per heavy atom. The van der Waals surface area contributed by atoms with Gasteiger partial charge in [0.15, 0.2) is 10.6 Å². The van der Waals surface area contributed by atoms with Gasteiger partial charge in [-0.15, -0.1) is 0 Å². The molecule has 0 aliphatic carbocycles. The molecule has 0 amide bonds. The van der Waals surface area contributed by atoms with Crippen LogP contribution in [-0.2, 0) is 9.13 Å². The van der Waals surface area contributed by atoms with E-state index in [9.17, 15) is 18.9 Å². The molecular formula is C18H28N2O4P2+2. The van der Waals surface area contributed by atoms with E-state index in [2.05, 4.69) is 11.5 Å². The molecule has 0 spiro atoms. The molecule has 142 valence electrons. The minimum absolute atomic E-state index is 0.368. The van der Waals surface area contributed by atoms with E-state index in [4.69, 9.17) is 0 Å². The molecule has 0 heterocycles. The Kier molecular flexibility index (Phi) is 15.9. The largest absolute Gasteiger partial charge is 0.591 e. The Labute approximate surface area is 157 Å². The molecule has 0 fully saturated rings. The molecule has 2 aromatic rings. The normalized spacial score (nSPS) is 10.6. The predicted octanol–water partition coefficient (Wildman–Crippen LogP) is -0.140. The highest BCUT2D eigenvalue weighted by molar-refractivity contribution is 7.46. The second-order valence-corrected chi connectivity index (χ2v) is 7.37. The van der Waals surface area contributed by atoms with Crippen molar-refractivity contribution < 1.29 is 30.4 Å². The van der Waals surface area contributed by atoms with E-state index in [0.717, 1.165) is 13.1 Å². The van der Waals surface area contributed by atoms with Gasteiger partial charge in [-0.3, -0.25) is 0 Å². The van der Waals surface area contributed by atoms with Gasteiger partial charge in [-0.05, 0) is 49.9 Å². The highest BCUT2D eigenvalue weighted by Crippen LogP contribution is 2.05. The quantitative estimate of drug-likeness (QED) is 0.496. The molecule has 0 aliphatic heterocycles. The molecule has 0 bridgehead atoms. The third-order valence-electron chi connectivity index (χ3n) is 3.18. The Morgan fingerprint density at radius 1 is 0.615 bits per heavy atom. The average molecular weight is 398 g/mol. The molecule has 0 aromatic heterocycles. The SMILES string of the molecule is O=[P+]([O-])c1ccccc1.O=[P+]([O-])c1ccccc1.[NH3+]CCCCCC[NH3+]. The van der Waals surface area contributed by atoms with Crippen molar-refractivity contribution in [1.29, 1.82) is 0 Å². The monoisotopic (exact) mass is 398 g/mol. The topological polar surface area (TPSA) is 136 Å². The summed E-state index contributed by atoms with van der Waals surface area (Å²) >= 11 is 0. The highest BCUT2D eigenvalue weighted by atomic mass is 31.1. The third kappa shape index (κ3) is 13.7. The predicted molar refractivity (Wildman–Crippen MR) is 101 cm³/mol. The van der Waals surface area contributed by atoms with Gasteiger partial charge in [-0.25, -0.2) is 0 Å². The van der Waals surface area contributed by atoms with E-state index in [1.54, 1.807) is 60.7 Å². The van der Waals surface area contributed by atoms with Crippen LogP contribution in [-0.4, -0.2) is 13.1 Å². The molecule has 2 rings (SSSR count). The second-order valence-electron chi connectivity index (χ2n) is 5.31. The number of benzene rings is 2. The first kappa shape index (κ1) is 24.5. The lowest BCUT2D eigenvalue weighted by molar-refractivity contribution is -0.371. The minimum atomic E-state index is -2.40. The smallest absolute Gasteiger partial charge is 0.348 e. The molecule has 0 aliphatic rings. The van der Waals surface area contributed by atoms with Gasteiger partial charge < -0.3 is 21.3 Å². The molecule has 6 N–H and O–H groups in total. The van der Waals surface area contributed by atoms with Crippen molar-refractivity contribution in [2.45, 2.75) is 25.7 Å². The fourth-order valence-electron chi connectivity index (χ4n) is 1.81. The first-order chi connectivity index (χ1) is 12.5. The van der Waals surface area contributed by atoms with Gasteiger partial charge in [0.25, 0.3) is 0 Å². The molecular weight excluding hydrogens is 370 g/mol. The Morgan fingerprint density at radius 2 is 0.923 bits per heavy atom. The zero-order valence-electron chi connectivity index (χ0n) is 15.0. The van der Waals surface area contributed by atoms with Crippen LogP contribution in [0.3, 0.4) is 0 Å². The van der Waals surface area contributed by atoms with E-state index in [-0.39, 0.29) is 0 Å². The van der Waals surface area contributed by atoms with Crippen LogP contribution < -0.4 is 31.9 Å². The van der Waals surface area contributed by atoms with E-state index in [1.807, 2.05) is 0 Å². The Bertz CT molecular complexity index is 558. The lowest BCUT2D eigenvalue weighted by Crippen LogP contribution is -2.50. The Balaban J connectivity index is 0.000000362. The lowest BCUT2D eigenvalue weighted by Gasteiger charge is -1.91. The zero-order chi connectivity index (χ0) is 19.6. The summed E-state index contributed by atoms with van der Waals surface area (Å²) in [5.41, 5.74) is 7.54. The van der Waals surface area contributed by atoms with Crippen LogP contribution >= 0.6 is 16.1 Å². The number of quaternary nitrogens is 2. The number of rotatable bonds is 7. The van der Waals surface area contributed by atoms with Crippen molar-refractivity contribution in [1.82, 2.24) is 0 Å². The molecule has 26 heavy (non-hydrogen) atoms. The summed E-state index contributed by atoms with van der Waals surface area (Å²) in [4.78, 5) is 20.5. The number of hydrogen-bond acceptors (Lipinski definition) is 4. The van der Waals surface area contributed by atoms with Crippen molar-refractivity contribution >= 4 is 26.7 Å². The van der Waals surface area contributed by atoms with E-state index < -0.39 is 16.1 Å². The summed E-state index contributed by atoms with van der Waals surface area (Å²) in [6.07, 6.45) is 5.28. The second kappa shape index (κ2) is 16.9. The number of unbranched alkanes of at least 4 members (excludes halogenated alkanes) is 3. The summed E-state index contributed by atoms with van der Waals surface area (Å²) in [6.45, 7) is 2.19. The van der Waals surface area contributed by atoms with Crippen LogP contribution in [0.2, 0.25) is 0 Å². The fourth-order valence-corrected chi connectivity index (χ4v) is 2.64. The van der Waals surface area contributed by atoms with Gasteiger partial charge in [0.1, 0.15) is 0 Å². The van der Waals surface area contributed by atoms with Crippen LogP contribution in [0, 0.1) is 0 Å². The van der Waals surface area contributed by atoms with Crippen molar-refractivity contribution in [2.24, 2.45) is 0 Å². The van der Waals surface area contributed by atoms with Crippen LogP contribution in [0.5, 0.6) is 0 Å². The molecule has 0 radical (unpaired) electrons. The van der Waals surface area contributed by atoms with Gasteiger partial charge in [0.2, 0.25) is 0 Å². The van der Waals surface area contributed by atoms with E-state index in [0.29, 0.717) is 10.6 Å². The van der Waals surface area contributed by atoms with Gasteiger partial charge in [-0.2, -0.15) is 0 Å². The molecule has 2 atom stereocenters. The highest BCUT2D eigenvalue weighted by Gasteiger charge is 2.02. The first-order valence-corrected chi connectivity index (χ1v) is 10.9. The van der Waals surface area contributed by atoms with Gasteiger partial charge in [-0.1, -0.05) is 45.5 Å². The number of hydrogen-bond donors (Lipinski definition) is 2. The standard InChI is InChI=1S/C6H16N2.2C6H5O2P/c7-5-3-1-2-4-6-8;2*7-9(8)6-4-2-1-3-5-6/h1-8H2;2*1-5H/p+2. The lowest BCUT2D eigenvalue weighted by atomic mass is 10.2. The Hall–Kier alpha value is -1.52. The van der Waals surface area contributed by atoms with Crippen LogP contribution in [0.4, 0.5) is 0 Å². The maximum atomic E-state index is 10.2. The molecule has 2 unspecified atom stereocenters. The fraction of sp³-hybridized carbons (Fsp3) is 0.333. The summed E-state index contributed by atoms with van der Waals surface area (Å²) < 4.78 is 20.5. The molecule has 6 nitrogen and oxygen atoms in total. The van der Waals surface area contributed by atoms with Crippen molar-refractivity contribution in [2.75, 3.05) is 13.1 Å². The van der Waals surface area contributed by atoms with Crippen molar-refractivity contribution in [3.8, 4) is 0 Å². The summed E-state index contributed by atoms with van der Waals surface area (Å²) in [5.74, 6) is 0. The van der Waals surface area contributed by atoms with E-state index in [1.165, 1.54) is 25.7 Å². The van der Waals surface area contributed by atoms with Crippen molar-refractivity contribution in [3.63, 3.8) is 0 Å². The molecule has 8 heteroatoms. The maximum absolute atomic E-state index is 10.2. The third-order valence-corrected chi connectivity index (χ3v) is 4.62. The summed E-state index contributed by atoms with van der Waals surface area (Å²) in [7, 11) is -4.79.